The van der Waals surface area contributed by atoms with E-state index in [1.807, 2.05) is 16.8 Å². The minimum absolute atomic E-state index is 0.214. The Bertz CT molecular complexity index is 1170. The van der Waals surface area contributed by atoms with E-state index in [1.165, 1.54) is 0 Å². The van der Waals surface area contributed by atoms with Gasteiger partial charge in [0.1, 0.15) is 0 Å². The van der Waals surface area contributed by atoms with E-state index in [0.29, 0.717) is 44.2 Å². The fraction of sp³-hybridized carbons (Fsp3) is 0.273. The summed E-state index contributed by atoms with van der Waals surface area (Å²) in [6.45, 7) is 0.298. The van der Waals surface area contributed by atoms with Crippen LogP contribution in [0.25, 0.3) is 5.69 Å². The molecule has 1 aromatic heterocycles. The second kappa shape index (κ2) is 7.76. The maximum absolute atomic E-state index is 13.1. The zero-order valence-corrected chi connectivity index (χ0v) is 18.8. The summed E-state index contributed by atoms with van der Waals surface area (Å²) in [7, 11) is 0. The minimum atomic E-state index is -0.214. The normalized spacial score (nSPS) is 19.2. The summed E-state index contributed by atoms with van der Waals surface area (Å²) in [5.74, 6) is 0.551. The molecule has 1 saturated carbocycles. The summed E-state index contributed by atoms with van der Waals surface area (Å²) in [4.78, 5) is 13.1. The second-order valence-corrected chi connectivity index (χ2v) is 9.47. The first-order valence-electron chi connectivity index (χ1n) is 9.72. The first kappa shape index (κ1) is 20.2. The Morgan fingerprint density at radius 2 is 1.70 bits per heavy atom. The van der Waals surface area contributed by atoms with Gasteiger partial charge in [0.15, 0.2) is 5.69 Å². The third-order valence-corrected chi connectivity index (χ3v) is 7.12. The fourth-order valence-corrected chi connectivity index (χ4v) is 5.62. The summed E-state index contributed by atoms with van der Waals surface area (Å²) >= 11 is 24.7. The van der Waals surface area contributed by atoms with Gasteiger partial charge in [-0.15, -0.1) is 0 Å². The van der Waals surface area contributed by atoms with E-state index in [0.717, 1.165) is 41.8 Å². The van der Waals surface area contributed by atoms with Crippen LogP contribution in [0.3, 0.4) is 0 Å². The SMILES string of the molecule is O=C(NCc1ccc(Cl)cc1Cl)c1nn(-c2ccc(Cl)cc2Cl)c2c1[C@H]1CC[C@H]2C1. The van der Waals surface area contributed by atoms with E-state index in [4.69, 9.17) is 51.5 Å². The number of hydrogen-bond acceptors (Lipinski definition) is 2. The van der Waals surface area contributed by atoms with Crippen molar-refractivity contribution in [2.75, 3.05) is 0 Å². The number of fused-ring (bicyclic) bond motifs is 5. The van der Waals surface area contributed by atoms with Crippen molar-refractivity contribution in [3.8, 4) is 5.69 Å². The van der Waals surface area contributed by atoms with Crippen LogP contribution in [0.15, 0.2) is 36.4 Å². The average Bonchev–Trinajstić information content (AvgIpc) is 3.40. The van der Waals surface area contributed by atoms with E-state index in [-0.39, 0.29) is 5.91 Å². The highest BCUT2D eigenvalue weighted by Gasteiger charge is 2.44. The van der Waals surface area contributed by atoms with E-state index < -0.39 is 0 Å². The Balaban J connectivity index is 1.50. The van der Waals surface area contributed by atoms with Crippen LogP contribution in [0.2, 0.25) is 20.1 Å². The third kappa shape index (κ3) is 3.40. The summed E-state index contributed by atoms with van der Waals surface area (Å²) in [6, 6.07) is 10.6. The largest absolute Gasteiger partial charge is 0.346 e. The van der Waals surface area contributed by atoms with Crippen LogP contribution in [-0.2, 0) is 6.54 Å². The van der Waals surface area contributed by atoms with E-state index in [2.05, 4.69) is 5.32 Å². The molecule has 1 heterocycles. The van der Waals surface area contributed by atoms with Crippen molar-refractivity contribution in [3.05, 3.63) is 79.0 Å². The van der Waals surface area contributed by atoms with Crippen molar-refractivity contribution < 1.29 is 4.79 Å². The first-order valence-corrected chi connectivity index (χ1v) is 11.2. The van der Waals surface area contributed by atoms with Gasteiger partial charge < -0.3 is 5.32 Å². The minimum Gasteiger partial charge on any atom is -0.346 e. The Morgan fingerprint density at radius 3 is 2.43 bits per heavy atom. The van der Waals surface area contributed by atoms with Crippen molar-refractivity contribution in [2.24, 2.45) is 0 Å². The molecule has 2 aliphatic rings. The molecule has 1 amide bonds. The number of carbonyl (C=O) groups excluding carboxylic acids is 1. The molecule has 1 fully saturated rings. The maximum Gasteiger partial charge on any atom is 0.272 e. The van der Waals surface area contributed by atoms with Crippen LogP contribution in [0.1, 0.15) is 58.4 Å². The third-order valence-electron chi connectivity index (χ3n) is 5.99. The number of amides is 1. The highest BCUT2D eigenvalue weighted by molar-refractivity contribution is 6.36. The lowest BCUT2D eigenvalue weighted by atomic mass is 9.95. The molecule has 154 valence electrons. The second-order valence-electron chi connectivity index (χ2n) is 7.78. The highest BCUT2D eigenvalue weighted by Crippen LogP contribution is 2.54. The van der Waals surface area contributed by atoms with Crippen LogP contribution in [0.5, 0.6) is 0 Å². The number of hydrogen-bond donors (Lipinski definition) is 1. The van der Waals surface area contributed by atoms with Crippen LogP contribution in [0, 0.1) is 0 Å². The zero-order chi connectivity index (χ0) is 21.0. The summed E-state index contributed by atoms with van der Waals surface area (Å²) in [6.07, 6.45) is 3.25. The molecule has 8 heteroatoms. The van der Waals surface area contributed by atoms with Gasteiger partial charge in [-0.25, -0.2) is 4.68 Å². The monoisotopic (exact) mass is 479 g/mol. The highest BCUT2D eigenvalue weighted by atomic mass is 35.5. The Hall–Kier alpha value is -1.72. The number of nitrogens with zero attached hydrogens (tertiary/aromatic N) is 2. The lowest BCUT2D eigenvalue weighted by Gasteiger charge is -2.15. The molecule has 2 aromatic carbocycles. The smallest absolute Gasteiger partial charge is 0.272 e. The van der Waals surface area contributed by atoms with E-state index in [9.17, 15) is 4.79 Å². The van der Waals surface area contributed by atoms with Gasteiger partial charge in [0, 0.05) is 33.1 Å². The van der Waals surface area contributed by atoms with Crippen LogP contribution >= 0.6 is 46.4 Å². The van der Waals surface area contributed by atoms with Crippen molar-refractivity contribution in [1.29, 1.82) is 0 Å². The lowest BCUT2D eigenvalue weighted by molar-refractivity contribution is 0.0944. The van der Waals surface area contributed by atoms with Crippen molar-refractivity contribution in [1.82, 2.24) is 15.1 Å². The number of nitrogens with one attached hydrogen (secondary N) is 1. The quantitative estimate of drug-likeness (QED) is 0.447. The van der Waals surface area contributed by atoms with Crippen LogP contribution in [-0.4, -0.2) is 15.7 Å². The van der Waals surface area contributed by atoms with Gasteiger partial charge in [-0.3, -0.25) is 4.79 Å². The molecule has 1 N–H and O–H groups in total. The molecular weight excluding hydrogens is 464 g/mol. The maximum atomic E-state index is 13.1. The predicted octanol–water partition coefficient (Wildman–Crippen LogP) is 6.78. The fourth-order valence-electron chi connectivity index (χ4n) is 4.66. The molecule has 0 radical (unpaired) electrons. The van der Waals surface area contributed by atoms with Gasteiger partial charge in [0.05, 0.1) is 16.4 Å². The number of aromatic nitrogens is 2. The molecule has 3 aromatic rings. The Kier molecular flexibility index (Phi) is 5.22. The predicted molar refractivity (Wildman–Crippen MR) is 121 cm³/mol. The van der Waals surface area contributed by atoms with Crippen LogP contribution < -0.4 is 5.32 Å². The summed E-state index contributed by atoms with van der Waals surface area (Å²) in [5, 5.41) is 9.81. The molecule has 2 bridgehead atoms. The molecule has 2 atom stereocenters. The molecular formula is C22H17Cl4N3O. The first-order chi connectivity index (χ1) is 14.4. The Morgan fingerprint density at radius 1 is 1.00 bits per heavy atom. The summed E-state index contributed by atoms with van der Waals surface area (Å²) < 4.78 is 1.84. The lowest BCUT2D eigenvalue weighted by Crippen LogP contribution is -2.25. The molecule has 5 rings (SSSR count). The van der Waals surface area contributed by atoms with Crippen LogP contribution in [0.4, 0.5) is 0 Å². The van der Waals surface area contributed by atoms with Gasteiger partial charge in [0.25, 0.3) is 5.91 Å². The summed E-state index contributed by atoms with van der Waals surface area (Å²) in [5.41, 5.74) is 4.16. The van der Waals surface area contributed by atoms with Gasteiger partial charge in [-0.05, 0) is 61.1 Å². The number of carbonyl (C=O) groups is 1. The molecule has 4 nitrogen and oxygen atoms in total. The molecule has 30 heavy (non-hydrogen) atoms. The van der Waals surface area contributed by atoms with E-state index >= 15 is 0 Å². The molecule has 0 unspecified atom stereocenters. The topological polar surface area (TPSA) is 46.9 Å². The standard InChI is InChI=1S/C22H17Cl4N3O/c23-14-4-3-13(16(25)8-14)10-27-22(30)20-19-11-1-2-12(7-11)21(19)29(28-20)18-6-5-15(24)9-17(18)26/h3-6,8-9,11-12H,1-2,7,10H2,(H,27,30)/t11-,12-/m0/s1. The van der Waals surface area contributed by atoms with Crippen molar-refractivity contribution >= 4 is 52.3 Å². The zero-order valence-electron chi connectivity index (χ0n) is 15.8. The van der Waals surface area contributed by atoms with E-state index in [1.54, 1.807) is 24.3 Å². The van der Waals surface area contributed by atoms with Gasteiger partial charge in [-0.2, -0.15) is 5.10 Å². The van der Waals surface area contributed by atoms with Gasteiger partial charge in [0.2, 0.25) is 0 Å². The average molecular weight is 481 g/mol. The number of benzene rings is 2. The number of rotatable bonds is 4. The van der Waals surface area contributed by atoms with Gasteiger partial charge >= 0.3 is 0 Å². The Labute approximate surface area is 194 Å². The molecule has 0 saturated heterocycles. The molecule has 0 aliphatic heterocycles. The number of halogens is 4. The van der Waals surface area contributed by atoms with Gasteiger partial charge in [-0.1, -0.05) is 52.5 Å². The van der Waals surface area contributed by atoms with Crippen molar-refractivity contribution in [2.45, 2.75) is 37.6 Å². The molecule has 2 aliphatic carbocycles. The van der Waals surface area contributed by atoms with Crippen molar-refractivity contribution in [3.63, 3.8) is 0 Å². The molecule has 0 spiro atoms.